The summed E-state index contributed by atoms with van der Waals surface area (Å²) in [4.78, 5) is 25.1. The number of carboxylic acids is 1. The highest BCUT2D eigenvalue weighted by Crippen LogP contribution is 2.40. The van der Waals surface area contributed by atoms with Crippen LogP contribution < -0.4 is 0 Å². The number of hydrogen-bond donors (Lipinski definition) is 1. The highest BCUT2D eigenvalue weighted by atomic mass is 16.5. The number of rotatable bonds is 4. The maximum Gasteiger partial charge on any atom is 0.303 e. The molecule has 5 nitrogen and oxygen atoms in total. The Hall–Kier alpha value is -1.10. The van der Waals surface area contributed by atoms with Crippen molar-refractivity contribution in [2.24, 2.45) is 5.92 Å². The fourth-order valence-corrected chi connectivity index (χ4v) is 3.46. The molecule has 0 aromatic rings. The van der Waals surface area contributed by atoms with Crippen molar-refractivity contribution in [3.05, 3.63) is 0 Å². The van der Waals surface area contributed by atoms with Crippen LogP contribution in [0.4, 0.5) is 0 Å². The number of hydrogen-bond acceptors (Lipinski definition) is 3. The molecule has 2 rings (SSSR count). The standard InChI is InChI=1S/C15H25NO4/c1-15(2,3)20-9-13(17)16-11-4-5-12(16)7-10(6-11)8-14(18)19/h10-12H,4-9H2,1-3H3,(H,18,19). The molecule has 2 fully saturated rings. The molecule has 2 aliphatic rings. The first-order chi connectivity index (χ1) is 9.26. The van der Waals surface area contributed by atoms with Crippen LogP contribution in [0.2, 0.25) is 0 Å². The van der Waals surface area contributed by atoms with Crippen LogP contribution in [-0.4, -0.2) is 46.2 Å². The number of carboxylic acid groups (broad SMARTS) is 1. The Kier molecular flexibility index (Phi) is 4.37. The number of ether oxygens (including phenoxy) is 1. The zero-order valence-electron chi connectivity index (χ0n) is 12.6. The minimum absolute atomic E-state index is 0.0567. The summed E-state index contributed by atoms with van der Waals surface area (Å²) in [5.74, 6) is -0.455. The van der Waals surface area contributed by atoms with E-state index in [1.807, 2.05) is 25.7 Å². The van der Waals surface area contributed by atoms with E-state index in [2.05, 4.69) is 0 Å². The van der Waals surface area contributed by atoms with Gasteiger partial charge in [0.15, 0.2) is 0 Å². The van der Waals surface area contributed by atoms with Gasteiger partial charge in [-0.05, 0) is 52.4 Å². The van der Waals surface area contributed by atoms with Crippen molar-refractivity contribution in [2.45, 2.75) is 70.6 Å². The van der Waals surface area contributed by atoms with E-state index < -0.39 is 5.97 Å². The monoisotopic (exact) mass is 283 g/mol. The van der Waals surface area contributed by atoms with E-state index in [0.29, 0.717) is 0 Å². The first-order valence-electron chi connectivity index (χ1n) is 7.43. The van der Waals surface area contributed by atoms with Gasteiger partial charge in [0.05, 0.1) is 5.60 Å². The lowest BCUT2D eigenvalue weighted by molar-refractivity contribution is -0.147. The van der Waals surface area contributed by atoms with Crippen LogP contribution in [0.1, 0.15) is 52.9 Å². The van der Waals surface area contributed by atoms with Crippen molar-refractivity contribution >= 4 is 11.9 Å². The first-order valence-corrected chi connectivity index (χ1v) is 7.43. The van der Waals surface area contributed by atoms with Crippen LogP contribution in [0.25, 0.3) is 0 Å². The highest BCUT2D eigenvalue weighted by molar-refractivity contribution is 5.78. The van der Waals surface area contributed by atoms with Gasteiger partial charge in [-0.15, -0.1) is 0 Å². The molecule has 1 amide bonds. The molecular formula is C15H25NO4. The van der Waals surface area contributed by atoms with E-state index in [1.165, 1.54) is 0 Å². The second-order valence-electron chi connectivity index (χ2n) is 7.02. The van der Waals surface area contributed by atoms with E-state index >= 15 is 0 Å². The summed E-state index contributed by atoms with van der Waals surface area (Å²) in [5.41, 5.74) is -0.309. The zero-order chi connectivity index (χ0) is 14.9. The lowest BCUT2D eigenvalue weighted by Crippen LogP contribution is -2.48. The summed E-state index contributed by atoms with van der Waals surface area (Å²) in [6.07, 6.45) is 3.88. The molecule has 0 aromatic heterocycles. The van der Waals surface area contributed by atoms with Crippen molar-refractivity contribution < 1.29 is 19.4 Å². The quantitative estimate of drug-likeness (QED) is 0.857. The molecule has 0 radical (unpaired) electrons. The predicted molar refractivity (Wildman–Crippen MR) is 74.3 cm³/mol. The molecule has 0 aromatic carbocycles. The molecule has 2 heterocycles. The van der Waals surface area contributed by atoms with Crippen molar-refractivity contribution in [1.29, 1.82) is 0 Å². The third-order valence-corrected chi connectivity index (χ3v) is 4.21. The van der Waals surface area contributed by atoms with E-state index in [9.17, 15) is 9.59 Å². The SMILES string of the molecule is CC(C)(C)OCC(=O)N1C2CCC1CC(CC(=O)O)C2. The van der Waals surface area contributed by atoms with Crippen molar-refractivity contribution in [3.63, 3.8) is 0 Å². The van der Waals surface area contributed by atoms with Gasteiger partial charge >= 0.3 is 5.97 Å². The van der Waals surface area contributed by atoms with E-state index in [1.54, 1.807) is 0 Å². The van der Waals surface area contributed by atoms with Gasteiger partial charge in [0.25, 0.3) is 0 Å². The average molecular weight is 283 g/mol. The van der Waals surface area contributed by atoms with Gasteiger partial charge in [0, 0.05) is 18.5 Å². The smallest absolute Gasteiger partial charge is 0.303 e. The van der Waals surface area contributed by atoms with Gasteiger partial charge in [-0.2, -0.15) is 0 Å². The average Bonchev–Trinajstić information content (AvgIpc) is 2.56. The van der Waals surface area contributed by atoms with E-state index in [4.69, 9.17) is 9.84 Å². The molecular weight excluding hydrogens is 258 g/mol. The van der Waals surface area contributed by atoms with Gasteiger partial charge in [-0.25, -0.2) is 0 Å². The Morgan fingerprint density at radius 1 is 1.20 bits per heavy atom. The van der Waals surface area contributed by atoms with E-state index in [-0.39, 0.29) is 42.5 Å². The van der Waals surface area contributed by atoms with Crippen LogP contribution in [0.15, 0.2) is 0 Å². The topological polar surface area (TPSA) is 66.8 Å². The molecule has 2 unspecified atom stereocenters. The number of aliphatic carboxylic acids is 1. The minimum Gasteiger partial charge on any atom is -0.481 e. The number of piperidine rings is 1. The Morgan fingerprint density at radius 2 is 1.75 bits per heavy atom. The Balaban J connectivity index is 1.92. The number of fused-ring (bicyclic) bond motifs is 2. The third kappa shape index (κ3) is 3.72. The molecule has 20 heavy (non-hydrogen) atoms. The second-order valence-corrected chi connectivity index (χ2v) is 7.02. The molecule has 5 heteroatoms. The molecule has 2 bridgehead atoms. The molecule has 0 saturated carbocycles. The lowest BCUT2D eigenvalue weighted by atomic mass is 9.88. The Labute approximate surface area is 120 Å². The van der Waals surface area contributed by atoms with Crippen molar-refractivity contribution in [2.75, 3.05) is 6.61 Å². The molecule has 0 spiro atoms. The van der Waals surface area contributed by atoms with Gasteiger partial charge in [-0.3, -0.25) is 9.59 Å². The second kappa shape index (κ2) is 5.72. The van der Waals surface area contributed by atoms with Crippen LogP contribution in [0.3, 0.4) is 0 Å². The summed E-state index contributed by atoms with van der Waals surface area (Å²) >= 11 is 0. The van der Waals surface area contributed by atoms with Gasteiger partial charge in [0.1, 0.15) is 6.61 Å². The fraction of sp³-hybridized carbons (Fsp3) is 0.867. The zero-order valence-corrected chi connectivity index (χ0v) is 12.6. The van der Waals surface area contributed by atoms with Gasteiger partial charge in [-0.1, -0.05) is 0 Å². The summed E-state index contributed by atoms with van der Waals surface area (Å²) in [6.45, 7) is 5.94. The van der Waals surface area contributed by atoms with Crippen LogP contribution in [0.5, 0.6) is 0 Å². The summed E-state index contributed by atoms with van der Waals surface area (Å²) in [7, 11) is 0. The largest absolute Gasteiger partial charge is 0.481 e. The fourth-order valence-electron chi connectivity index (χ4n) is 3.46. The molecule has 1 N–H and O–H groups in total. The number of nitrogens with zero attached hydrogens (tertiary/aromatic N) is 1. The summed E-state index contributed by atoms with van der Waals surface area (Å²) < 4.78 is 5.57. The summed E-state index contributed by atoms with van der Waals surface area (Å²) in [5, 5.41) is 8.91. The number of carbonyl (C=O) groups excluding carboxylic acids is 1. The van der Waals surface area contributed by atoms with Crippen LogP contribution >= 0.6 is 0 Å². The Bertz CT molecular complexity index is 374. The number of amides is 1. The lowest BCUT2D eigenvalue weighted by Gasteiger charge is -2.39. The first kappa shape index (κ1) is 15.3. The van der Waals surface area contributed by atoms with E-state index in [0.717, 1.165) is 25.7 Å². The van der Waals surface area contributed by atoms with Gasteiger partial charge < -0.3 is 14.7 Å². The Morgan fingerprint density at radius 3 is 2.20 bits per heavy atom. The minimum atomic E-state index is -0.731. The van der Waals surface area contributed by atoms with Gasteiger partial charge in [0.2, 0.25) is 5.91 Å². The molecule has 0 aliphatic carbocycles. The molecule has 2 atom stereocenters. The summed E-state index contributed by atoms with van der Waals surface area (Å²) in [6, 6.07) is 0.434. The van der Waals surface area contributed by atoms with Crippen LogP contribution in [0, 0.1) is 5.92 Å². The number of carbonyl (C=O) groups is 2. The normalized spacial score (nSPS) is 29.6. The molecule has 2 saturated heterocycles. The molecule has 114 valence electrons. The third-order valence-electron chi connectivity index (χ3n) is 4.21. The van der Waals surface area contributed by atoms with Crippen molar-refractivity contribution in [1.82, 2.24) is 4.90 Å². The highest BCUT2D eigenvalue weighted by Gasteiger charge is 2.43. The predicted octanol–water partition coefficient (Wildman–Crippen LogP) is 2.05. The maximum absolute atomic E-state index is 12.3. The molecule has 2 aliphatic heterocycles. The van der Waals surface area contributed by atoms with Crippen molar-refractivity contribution in [3.8, 4) is 0 Å². The maximum atomic E-state index is 12.3. The van der Waals surface area contributed by atoms with Crippen LogP contribution in [-0.2, 0) is 14.3 Å².